The van der Waals surface area contributed by atoms with Crippen LogP contribution in [0.3, 0.4) is 0 Å². The van der Waals surface area contributed by atoms with Crippen molar-refractivity contribution in [3.63, 3.8) is 0 Å². The van der Waals surface area contributed by atoms with Crippen molar-refractivity contribution in [2.45, 2.75) is 24.2 Å². The highest BCUT2D eigenvalue weighted by molar-refractivity contribution is 5.85. The van der Waals surface area contributed by atoms with Crippen LogP contribution in [0.2, 0.25) is 0 Å². The standard InChI is InChI=1S/C53H42N2/c1-4-20-41(21-5-1)54(42-22-6-2-7-23-42)44-26-16-19-39(35-44)53(49-29-14-12-27-45(49)48-33-37-17-10-11-18-38(37)34-50(48)53)40-31-32-47-46-28-13-15-30-51(46)55(52(47)36-40)43-24-8-3-9-25-43/h1-30,32,34-37,40,48,50H,31,33H2. The van der Waals surface area contributed by atoms with Crippen molar-refractivity contribution in [1.82, 2.24) is 4.57 Å². The van der Waals surface area contributed by atoms with E-state index in [9.17, 15) is 0 Å². The number of nitrogens with zero attached hydrogens (tertiary/aromatic N) is 2. The van der Waals surface area contributed by atoms with Gasteiger partial charge in [-0.05, 0) is 107 Å². The fourth-order valence-corrected chi connectivity index (χ4v) is 10.7. The molecule has 0 radical (unpaired) electrons. The van der Waals surface area contributed by atoms with Crippen LogP contribution in [-0.2, 0) is 5.41 Å². The number of fused-ring (bicyclic) bond motifs is 7. The first-order valence-electron chi connectivity index (χ1n) is 19.8. The van der Waals surface area contributed by atoms with E-state index in [1.807, 2.05) is 0 Å². The van der Waals surface area contributed by atoms with Gasteiger partial charge in [0.2, 0.25) is 0 Å². The molecule has 0 spiro atoms. The molecule has 4 aliphatic rings. The maximum atomic E-state index is 2.69. The molecule has 0 fully saturated rings. The molecular weight excluding hydrogens is 665 g/mol. The Hall–Kier alpha value is -6.38. The fourth-order valence-electron chi connectivity index (χ4n) is 10.7. The van der Waals surface area contributed by atoms with Crippen LogP contribution in [0.4, 0.5) is 17.1 Å². The number of aromatic nitrogens is 1. The van der Waals surface area contributed by atoms with Crippen molar-refractivity contribution >= 4 is 40.1 Å². The minimum absolute atomic E-state index is 0.205. The predicted octanol–water partition coefficient (Wildman–Crippen LogP) is 11.5. The SMILES string of the molecule is C1=CC2=CC3C(CC2C=C1)c1ccccc1C3(c1cccc(N(c2ccccc2)c2ccccc2)c1)C1C=c2c(c3ccccc3n2-c2ccccc2)=CC1. The summed E-state index contributed by atoms with van der Waals surface area (Å²) in [4.78, 5) is 2.42. The molecule has 1 heterocycles. The van der Waals surface area contributed by atoms with E-state index in [1.165, 1.54) is 55.1 Å². The molecule has 2 nitrogen and oxygen atoms in total. The Morgan fingerprint density at radius 1 is 0.618 bits per heavy atom. The minimum atomic E-state index is -0.310. The van der Waals surface area contributed by atoms with Crippen LogP contribution in [0.25, 0.3) is 28.7 Å². The molecule has 2 heteroatoms. The third-order valence-corrected chi connectivity index (χ3v) is 12.9. The molecule has 5 unspecified atom stereocenters. The molecule has 0 saturated carbocycles. The van der Waals surface area contributed by atoms with Crippen LogP contribution >= 0.6 is 0 Å². The Morgan fingerprint density at radius 2 is 1.31 bits per heavy atom. The summed E-state index contributed by atoms with van der Waals surface area (Å²) in [5, 5.41) is 3.97. The number of allylic oxidation sites excluding steroid dienone is 6. The monoisotopic (exact) mass is 706 g/mol. The molecule has 0 saturated heterocycles. The zero-order valence-electron chi connectivity index (χ0n) is 30.7. The topological polar surface area (TPSA) is 8.17 Å². The van der Waals surface area contributed by atoms with Gasteiger partial charge in [-0.3, -0.25) is 0 Å². The van der Waals surface area contributed by atoms with Gasteiger partial charge in [0.25, 0.3) is 0 Å². The summed E-state index contributed by atoms with van der Waals surface area (Å²) in [6, 6.07) is 60.6. The van der Waals surface area contributed by atoms with Crippen molar-refractivity contribution in [1.29, 1.82) is 0 Å². The van der Waals surface area contributed by atoms with E-state index in [-0.39, 0.29) is 17.3 Å². The van der Waals surface area contributed by atoms with Gasteiger partial charge in [-0.15, -0.1) is 0 Å². The van der Waals surface area contributed by atoms with E-state index in [0.717, 1.165) is 24.2 Å². The Kier molecular flexibility index (Phi) is 7.52. The van der Waals surface area contributed by atoms with Crippen LogP contribution < -0.4 is 15.5 Å². The number of para-hydroxylation sites is 4. The summed E-state index contributed by atoms with van der Waals surface area (Å²) in [5.41, 5.74) is 11.5. The second-order valence-corrected chi connectivity index (χ2v) is 15.6. The number of anilines is 3. The molecule has 5 atom stereocenters. The molecule has 264 valence electrons. The third kappa shape index (κ3) is 4.94. The van der Waals surface area contributed by atoms with Gasteiger partial charge < -0.3 is 9.47 Å². The maximum Gasteiger partial charge on any atom is 0.0540 e. The van der Waals surface area contributed by atoms with Gasteiger partial charge in [0, 0.05) is 44.7 Å². The van der Waals surface area contributed by atoms with E-state index >= 15 is 0 Å². The second kappa shape index (κ2) is 12.9. The Balaban J connectivity index is 1.20. The van der Waals surface area contributed by atoms with Crippen molar-refractivity contribution < 1.29 is 0 Å². The van der Waals surface area contributed by atoms with Crippen LogP contribution in [0.1, 0.15) is 35.4 Å². The van der Waals surface area contributed by atoms with Crippen LogP contribution in [0.5, 0.6) is 0 Å². The summed E-state index contributed by atoms with van der Waals surface area (Å²) < 4.78 is 2.51. The summed E-state index contributed by atoms with van der Waals surface area (Å²) in [5.74, 6) is 1.35. The van der Waals surface area contributed by atoms with Crippen molar-refractivity contribution in [2.24, 2.45) is 17.8 Å². The lowest BCUT2D eigenvalue weighted by molar-refractivity contribution is 0.276. The van der Waals surface area contributed by atoms with E-state index in [2.05, 4.69) is 216 Å². The van der Waals surface area contributed by atoms with Gasteiger partial charge >= 0.3 is 0 Å². The molecule has 55 heavy (non-hydrogen) atoms. The molecule has 0 N–H and O–H groups in total. The van der Waals surface area contributed by atoms with Gasteiger partial charge in [-0.1, -0.05) is 152 Å². The van der Waals surface area contributed by atoms with Gasteiger partial charge in [0.1, 0.15) is 0 Å². The fraction of sp³-hybridized carbons (Fsp3) is 0.132. The van der Waals surface area contributed by atoms with Crippen molar-refractivity contribution in [3.05, 3.63) is 227 Å². The molecule has 0 bridgehead atoms. The van der Waals surface area contributed by atoms with E-state index < -0.39 is 0 Å². The summed E-state index contributed by atoms with van der Waals surface area (Å²) in [6.07, 6.45) is 19.3. The van der Waals surface area contributed by atoms with E-state index in [4.69, 9.17) is 0 Å². The zero-order valence-corrected chi connectivity index (χ0v) is 30.7. The number of rotatable bonds is 6. The lowest BCUT2D eigenvalue weighted by atomic mass is 9.57. The molecule has 4 aliphatic carbocycles. The van der Waals surface area contributed by atoms with Gasteiger partial charge in [-0.25, -0.2) is 0 Å². The molecule has 0 amide bonds. The van der Waals surface area contributed by atoms with Gasteiger partial charge in [0.05, 0.1) is 10.9 Å². The largest absolute Gasteiger partial charge is 0.310 e. The lowest BCUT2D eigenvalue weighted by Gasteiger charge is -2.46. The molecule has 11 rings (SSSR count). The lowest BCUT2D eigenvalue weighted by Crippen LogP contribution is -2.45. The average molecular weight is 707 g/mol. The summed E-state index contributed by atoms with van der Waals surface area (Å²) in [6.45, 7) is 0. The Bertz CT molecular complexity index is 2750. The quantitative estimate of drug-likeness (QED) is 0.167. The first-order chi connectivity index (χ1) is 27.3. The highest BCUT2D eigenvalue weighted by Gasteiger charge is 2.57. The Morgan fingerprint density at radius 3 is 2.11 bits per heavy atom. The second-order valence-electron chi connectivity index (χ2n) is 15.6. The zero-order chi connectivity index (χ0) is 36.3. The first kappa shape index (κ1) is 32.1. The molecule has 1 aromatic heterocycles. The van der Waals surface area contributed by atoms with Crippen LogP contribution in [0, 0.1) is 17.8 Å². The van der Waals surface area contributed by atoms with Crippen LogP contribution in [0.15, 0.2) is 200 Å². The molecule has 6 aromatic carbocycles. The third-order valence-electron chi connectivity index (χ3n) is 12.9. The normalized spacial score (nSPS) is 23.1. The van der Waals surface area contributed by atoms with Crippen molar-refractivity contribution in [2.75, 3.05) is 4.90 Å². The summed E-state index contributed by atoms with van der Waals surface area (Å²) in [7, 11) is 0. The average Bonchev–Trinajstić information content (AvgIpc) is 3.74. The van der Waals surface area contributed by atoms with E-state index in [1.54, 1.807) is 0 Å². The van der Waals surface area contributed by atoms with Crippen molar-refractivity contribution in [3.8, 4) is 5.69 Å². The number of benzene rings is 6. The predicted molar refractivity (Wildman–Crippen MR) is 229 cm³/mol. The smallest absolute Gasteiger partial charge is 0.0540 e. The number of hydrogen-bond acceptors (Lipinski definition) is 1. The minimum Gasteiger partial charge on any atom is -0.310 e. The molecule has 7 aromatic rings. The van der Waals surface area contributed by atoms with E-state index in [0.29, 0.717) is 11.8 Å². The maximum absolute atomic E-state index is 2.69. The first-order valence-corrected chi connectivity index (χ1v) is 19.8. The van der Waals surface area contributed by atoms with Gasteiger partial charge in [0.15, 0.2) is 0 Å². The highest BCUT2D eigenvalue weighted by Crippen LogP contribution is 2.63. The van der Waals surface area contributed by atoms with Crippen LogP contribution in [-0.4, -0.2) is 4.57 Å². The Labute approximate surface area is 323 Å². The summed E-state index contributed by atoms with van der Waals surface area (Å²) >= 11 is 0. The molecule has 0 aliphatic heterocycles. The highest BCUT2D eigenvalue weighted by atomic mass is 15.1. The molecular formula is C53H42N2. The number of hydrogen-bond donors (Lipinski definition) is 0. The van der Waals surface area contributed by atoms with Gasteiger partial charge in [-0.2, -0.15) is 0 Å².